The molecule has 1 N–H and O–H groups in total. The molecule has 0 aromatic heterocycles. The van der Waals surface area contributed by atoms with Gasteiger partial charge in [-0.05, 0) is 43.8 Å². The molecule has 1 heterocycles. The molecule has 7 nitrogen and oxygen atoms in total. The van der Waals surface area contributed by atoms with Gasteiger partial charge in [0.1, 0.15) is 5.75 Å². The first-order valence-corrected chi connectivity index (χ1v) is 11.7. The highest BCUT2D eigenvalue weighted by atomic mass is 32.2. The van der Waals surface area contributed by atoms with Crippen LogP contribution in [0.4, 0.5) is 5.69 Å². The Hall–Kier alpha value is -2.71. The van der Waals surface area contributed by atoms with Crippen molar-refractivity contribution in [3.8, 4) is 0 Å². The van der Waals surface area contributed by atoms with Crippen LogP contribution in [-0.2, 0) is 20.4 Å². The first kappa shape index (κ1) is 22.0. The Morgan fingerprint density at radius 1 is 1.00 bits per heavy atom. The van der Waals surface area contributed by atoms with Gasteiger partial charge in [0.05, 0.1) is 5.75 Å². The SMILES string of the molecule is Cc1ccc(NC(=O)CS(=O)(=O)Cc2cccc(C(=O)N3CCN(C)CC3)c2)cc1. The first-order valence-electron chi connectivity index (χ1n) is 9.85. The molecule has 2 amide bonds. The molecule has 1 saturated heterocycles. The van der Waals surface area contributed by atoms with E-state index < -0.39 is 21.5 Å². The van der Waals surface area contributed by atoms with Gasteiger partial charge in [0.15, 0.2) is 9.84 Å². The van der Waals surface area contributed by atoms with Crippen LogP contribution in [0.25, 0.3) is 0 Å². The Balaban J connectivity index is 1.62. The summed E-state index contributed by atoms with van der Waals surface area (Å²) < 4.78 is 25.0. The largest absolute Gasteiger partial charge is 0.336 e. The Labute approximate surface area is 177 Å². The number of sulfone groups is 1. The summed E-state index contributed by atoms with van der Waals surface area (Å²) in [6.45, 7) is 4.86. The van der Waals surface area contributed by atoms with Crippen molar-refractivity contribution in [1.29, 1.82) is 0 Å². The lowest BCUT2D eigenvalue weighted by Crippen LogP contribution is -2.47. The molecule has 2 aromatic carbocycles. The van der Waals surface area contributed by atoms with Gasteiger partial charge in [-0.1, -0.05) is 29.8 Å². The second-order valence-electron chi connectivity index (χ2n) is 7.74. The fourth-order valence-corrected chi connectivity index (χ4v) is 4.59. The molecule has 0 saturated carbocycles. The van der Waals surface area contributed by atoms with Crippen molar-refractivity contribution in [1.82, 2.24) is 9.80 Å². The highest BCUT2D eigenvalue weighted by molar-refractivity contribution is 7.91. The number of likely N-dealkylation sites (N-methyl/N-ethyl adjacent to an activating group) is 1. The number of nitrogens with one attached hydrogen (secondary N) is 1. The lowest BCUT2D eigenvalue weighted by atomic mass is 10.1. The van der Waals surface area contributed by atoms with Crippen molar-refractivity contribution in [3.05, 3.63) is 65.2 Å². The molecular formula is C22H27N3O4S. The second kappa shape index (κ2) is 9.40. The highest BCUT2D eigenvalue weighted by Gasteiger charge is 2.22. The van der Waals surface area contributed by atoms with Crippen LogP contribution in [0.2, 0.25) is 0 Å². The summed E-state index contributed by atoms with van der Waals surface area (Å²) in [7, 11) is -1.66. The molecule has 0 bridgehead atoms. The third kappa shape index (κ3) is 6.14. The van der Waals surface area contributed by atoms with Gasteiger partial charge in [0, 0.05) is 37.4 Å². The maximum atomic E-state index is 12.7. The fourth-order valence-electron chi connectivity index (χ4n) is 3.32. The minimum Gasteiger partial charge on any atom is -0.336 e. The molecule has 8 heteroatoms. The van der Waals surface area contributed by atoms with Gasteiger partial charge in [-0.2, -0.15) is 0 Å². The molecule has 0 aliphatic carbocycles. The van der Waals surface area contributed by atoms with E-state index >= 15 is 0 Å². The molecule has 160 valence electrons. The molecule has 1 aliphatic rings. The molecule has 1 fully saturated rings. The van der Waals surface area contributed by atoms with Crippen molar-refractivity contribution >= 4 is 27.3 Å². The number of hydrogen-bond donors (Lipinski definition) is 1. The number of carbonyl (C=O) groups excluding carboxylic acids is 2. The van der Waals surface area contributed by atoms with E-state index in [4.69, 9.17) is 0 Å². The van der Waals surface area contributed by atoms with Crippen LogP contribution in [0.1, 0.15) is 21.5 Å². The first-order chi connectivity index (χ1) is 14.2. The van der Waals surface area contributed by atoms with Crippen LogP contribution >= 0.6 is 0 Å². The molecule has 0 radical (unpaired) electrons. The van der Waals surface area contributed by atoms with Crippen LogP contribution < -0.4 is 5.32 Å². The number of anilines is 1. The monoisotopic (exact) mass is 429 g/mol. The summed E-state index contributed by atoms with van der Waals surface area (Å²) in [6.07, 6.45) is 0. The summed E-state index contributed by atoms with van der Waals surface area (Å²) in [5.74, 6) is -1.58. The molecular weight excluding hydrogens is 402 g/mol. The Morgan fingerprint density at radius 3 is 2.33 bits per heavy atom. The number of rotatable bonds is 6. The molecule has 30 heavy (non-hydrogen) atoms. The van der Waals surface area contributed by atoms with Gasteiger partial charge in [-0.15, -0.1) is 0 Å². The predicted octanol–water partition coefficient (Wildman–Crippen LogP) is 1.94. The minimum atomic E-state index is -3.68. The number of benzene rings is 2. The molecule has 2 aromatic rings. The lowest BCUT2D eigenvalue weighted by molar-refractivity contribution is -0.113. The van der Waals surface area contributed by atoms with Crippen LogP contribution in [0.15, 0.2) is 48.5 Å². The van der Waals surface area contributed by atoms with E-state index in [0.29, 0.717) is 29.9 Å². The second-order valence-corrected chi connectivity index (χ2v) is 9.81. The van der Waals surface area contributed by atoms with Crippen molar-refractivity contribution in [3.63, 3.8) is 0 Å². The quantitative estimate of drug-likeness (QED) is 0.758. The molecule has 3 rings (SSSR count). The zero-order valence-corrected chi connectivity index (χ0v) is 18.1. The van der Waals surface area contributed by atoms with Crippen LogP contribution in [-0.4, -0.2) is 69.0 Å². The summed E-state index contributed by atoms with van der Waals surface area (Å²) >= 11 is 0. The number of nitrogens with zero attached hydrogens (tertiary/aromatic N) is 2. The lowest BCUT2D eigenvalue weighted by Gasteiger charge is -2.32. The van der Waals surface area contributed by atoms with Gasteiger partial charge in [0.25, 0.3) is 5.91 Å². The van der Waals surface area contributed by atoms with Gasteiger partial charge >= 0.3 is 0 Å². The van der Waals surface area contributed by atoms with E-state index in [1.807, 2.05) is 26.1 Å². The van der Waals surface area contributed by atoms with Gasteiger partial charge in [-0.3, -0.25) is 9.59 Å². The number of amides is 2. The van der Waals surface area contributed by atoms with Crippen molar-refractivity contribution in [2.45, 2.75) is 12.7 Å². The number of aryl methyl sites for hydroxylation is 1. The van der Waals surface area contributed by atoms with Crippen molar-refractivity contribution in [2.24, 2.45) is 0 Å². The minimum absolute atomic E-state index is 0.0977. The van der Waals surface area contributed by atoms with E-state index in [1.165, 1.54) is 0 Å². The van der Waals surface area contributed by atoms with Crippen LogP contribution in [0.5, 0.6) is 0 Å². The molecule has 0 atom stereocenters. The average molecular weight is 430 g/mol. The van der Waals surface area contributed by atoms with E-state index in [0.717, 1.165) is 18.7 Å². The smallest absolute Gasteiger partial charge is 0.253 e. The average Bonchev–Trinajstić information content (AvgIpc) is 2.69. The Kier molecular flexibility index (Phi) is 6.89. The van der Waals surface area contributed by atoms with Crippen LogP contribution in [0.3, 0.4) is 0 Å². The third-order valence-corrected chi connectivity index (χ3v) is 6.51. The van der Waals surface area contributed by atoms with E-state index in [9.17, 15) is 18.0 Å². The Bertz CT molecular complexity index is 1010. The summed E-state index contributed by atoms with van der Waals surface area (Å²) in [5.41, 5.74) is 2.57. The molecule has 1 aliphatic heterocycles. The number of piperazine rings is 1. The van der Waals surface area contributed by atoms with Gasteiger partial charge in [0.2, 0.25) is 5.91 Å². The Morgan fingerprint density at radius 2 is 1.67 bits per heavy atom. The summed E-state index contributed by atoms with van der Waals surface area (Å²) in [4.78, 5) is 28.8. The topological polar surface area (TPSA) is 86.8 Å². The number of hydrogen-bond acceptors (Lipinski definition) is 5. The summed E-state index contributed by atoms with van der Waals surface area (Å²) in [6, 6.07) is 13.8. The number of carbonyl (C=O) groups is 2. The maximum Gasteiger partial charge on any atom is 0.253 e. The normalized spacial score (nSPS) is 15.1. The fraction of sp³-hybridized carbons (Fsp3) is 0.364. The molecule has 0 unspecified atom stereocenters. The maximum absolute atomic E-state index is 12.7. The van der Waals surface area contributed by atoms with Crippen molar-refractivity contribution < 1.29 is 18.0 Å². The highest BCUT2D eigenvalue weighted by Crippen LogP contribution is 2.14. The van der Waals surface area contributed by atoms with E-state index in [1.54, 1.807) is 41.3 Å². The van der Waals surface area contributed by atoms with Crippen molar-refractivity contribution in [2.75, 3.05) is 44.3 Å². The zero-order valence-electron chi connectivity index (χ0n) is 17.3. The summed E-state index contributed by atoms with van der Waals surface area (Å²) in [5, 5.41) is 2.60. The molecule has 0 spiro atoms. The third-order valence-electron chi connectivity index (χ3n) is 5.04. The zero-order chi connectivity index (χ0) is 21.7. The predicted molar refractivity (Wildman–Crippen MR) is 117 cm³/mol. The van der Waals surface area contributed by atoms with E-state index in [2.05, 4.69) is 10.2 Å². The van der Waals surface area contributed by atoms with E-state index in [-0.39, 0.29) is 11.7 Å². The van der Waals surface area contributed by atoms with Gasteiger partial charge in [-0.25, -0.2) is 8.42 Å². The van der Waals surface area contributed by atoms with Crippen LogP contribution in [0, 0.1) is 6.92 Å². The van der Waals surface area contributed by atoms with Gasteiger partial charge < -0.3 is 15.1 Å². The standard InChI is InChI=1S/C22H27N3O4S/c1-17-6-8-20(9-7-17)23-21(26)16-30(28,29)15-18-4-3-5-19(14-18)22(27)25-12-10-24(2)11-13-25/h3-9,14H,10-13,15-16H2,1-2H3,(H,23,26).